The molecule has 1 aliphatic heterocycles. The molecular formula is C9H19NS2. The minimum atomic E-state index is 0.827. The summed E-state index contributed by atoms with van der Waals surface area (Å²) in [4.78, 5) is 0. The third-order valence-electron chi connectivity index (χ3n) is 2.18. The molecule has 0 amide bonds. The quantitative estimate of drug-likeness (QED) is 0.691. The molecule has 12 heavy (non-hydrogen) atoms. The maximum absolute atomic E-state index is 3.63. The SMILES string of the molecule is CSCCCNC1CCSCC1. The van der Waals surface area contributed by atoms with Gasteiger partial charge in [0.15, 0.2) is 0 Å². The van der Waals surface area contributed by atoms with Crippen LogP contribution in [0.15, 0.2) is 0 Å². The van der Waals surface area contributed by atoms with Gasteiger partial charge < -0.3 is 5.32 Å². The fraction of sp³-hybridized carbons (Fsp3) is 1.00. The molecule has 0 spiro atoms. The van der Waals surface area contributed by atoms with E-state index in [1.165, 1.54) is 43.1 Å². The molecule has 0 aromatic heterocycles. The molecular weight excluding hydrogens is 186 g/mol. The number of nitrogens with one attached hydrogen (secondary N) is 1. The highest BCUT2D eigenvalue weighted by molar-refractivity contribution is 7.99. The summed E-state index contributed by atoms with van der Waals surface area (Å²) in [7, 11) is 0. The fourth-order valence-corrected chi connectivity index (χ4v) is 2.96. The van der Waals surface area contributed by atoms with Gasteiger partial charge in [0.1, 0.15) is 0 Å². The van der Waals surface area contributed by atoms with E-state index in [4.69, 9.17) is 0 Å². The van der Waals surface area contributed by atoms with E-state index >= 15 is 0 Å². The summed E-state index contributed by atoms with van der Waals surface area (Å²) in [6, 6.07) is 0.827. The van der Waals surface area contributed by atoms with Crippen LogP contribution in [-0.4, -0.2) is 36.1 Å². The predicted molar refractivity (Wildman–Crippen MR) is 61.3 cm³/mol. The van der Waals surface area contributed by atoms with Gasteiger partial charge in [-0.15, -0.1) is 0 Å². The highest BCUT2D eigenvalue weighted by Crippen LogP contribution is 2.16. The van der Waals surface area contributed by atoms with Crippen LogP contribution in [0.5, 0.6) is 0 Å². The monoisotopic (exact) mass is 205 g/mol. The molecule has 1 saturated heterocycles. The van der Waals surface area contributed by atoms with Crippen molar-refractivity contribution in [1.29, 1.82) is 0 Å². The normalized spacial score (nSPS) is 19.8. The van der Waals surface area contributed by atoms with Crippen molar-refractivity contribution in [1.82, 2.24) is 5.32 Å². The van der Waals surface area contributed by atoms with E-state index in [2.05, 4.69) is 23.3 Å². The van der Waals surface area contributed by atoms with Crippen molar-refractivity contribution < 1.29 is 0 Å². The summed E-state index contributed by atoms with van der Waals surface area (Å²) >= 11 is 4.04. The van der Waals surface area contributed by atoms with Crippen molar-refractivity contribution >= 4 is 23.5 Å². The first-order valence-corrected chi connectivity index (χ1v) is 7.28. The lowest BCUT2D eigenvalue weighted by Crippen LogP contribution is -2.33. The molecule has 1 N–H and O–H groups in total. The Bertz CT molecular complexity index is 103. The van der Waals surface area contributed by atoms with Gasteiger partial charge in [-0.3, -0.25) is 0 Å². The van der Waals surface area contributed by atoms with Gasteiger partial charge in [0, 0.05) is 6.04 Å². The summed E-state index contributed by atoms with van der Waals surface area (Å²) in [6.07, 6.45) is 6.26. The Hall–Kier alpha value is 0.660. The van der Waals surface area contributed by atoms with Gasteiger partial charge in [-0.1, -0.05) is 0 Å². The van der Waals surface area contributed by atoms with Crippen molar-refractivity contribution in [3.8, 4) is 0 Å². The Morgan fingerprint density at radius 1 is 1.42 bits per heavy atom. The molecule has 0 saturated carbocycles. The maximum Gasteiger partial charge on any atom is 0.00827 e. The highest BCUT2D eigenvalue weighted by Gasteiger charge is 2.11. The molecule has 0 aromatic rings. The van der Waals surface area contributed by atoms with Crippen LogP contribution in [0, 0.1) is 0 Å². The molecule has 1 fully saturated rings. The summed E-state index contributed by atoms with van der Waals surface area (Å²) in [5.41, 5.74) is 0. The van der Waals surface area contributed by atoms with Gasteiger partial charge >= 0.3 is 0 Å². The molecule has 1 nitrogen and oxygen atoms in total. The first-order chi connectivity index (χ1) is 5.93. The van der Waals surface area contributed by atoms with Crippen molar-refractivity contribution in [2.45, 2.75) is 25.3 Å². The van der Waals surface area contributed by atoms with Gasteiger partial charge in [-0.25, -0.2) is 0 Å². The van der Waals surface area contributed by atoms with E-state index in [-0.39, 0.29) is 0 Å². The van der Waals surface area contributed by atoms with Crippen molar-refractivity contribution in [3.05, 3.63) is 0 Å². The van der Waals surface area contributed by atoms with E-state index < -0.39 is 0 Å². The third kappa shape index (κ3) is 4.63. The average Bonchev–Trinajstić information content (AvgIpc) is 2.14. The zero-order valence-corrected chi connectivity index (χ0v) is 9.48. The third-order valence-corrected chi connectivity index (χ3v) is 3.93. The van der Waals surface area contributed by atoms with E-state index in [0.29, 0.717) is 0 Å². The first kappa shape index (κ1) is 10.7. The topological polar surface area (TPSA) is 12.0 Å². The first-order valence-electron chi connectivity index (χ1n) is 4.73. The molecule has 0 radical (unpaired) electrons. The van der Waals surface area contributed by atoms with E-state index in [1.807, 2.05) is 11.8 Å². The molecule has 1 heterocycles. The Morgan fingerprint density at radius 2 is 2.17 bits per heavy atom. The van der Waals surface area contributed by atoms with Crippen LogP contribution >= 0.6 is 23.5 Å². The molecule has 0 aliphatic carbocycles. The van der Waals surface area contributed by atoms with Crippen LogP contribution in [0.1, 0.15) is 19.3 Å². The lowest BCUT2D eigenvalue weighted by Gasteiger charge is -2.22. The molecule has 1 aliphatic rings. The second-order valence-electron chi connectivity index (χ2n) is 3.19. The van der Waals surface area contributed by atoms with E-state index in [9.17, 15) is 0 Å². The number of rotatable bonds is 5. The molecule has 0 bridgehead atoms. The zero-order chi connectivity index (χ0) is 8.65. The van der Waals surface area contributed by atoms with Crippen LogP contribution in [0.2, 0.25) is 0 Å². The highest BCUT2D eigenvalue weighted by atomic mass is 32.2. The second kappa shape index (κ2) is 7.10. The Morgan fingerprint density at radius 3 is 2.83 bits per heavy atom. The Labute approximate surface area is 84.4 Å². The number of hydrogen-bond acceptors (Lipinski definition) is 3. The predicted octanol–water partition coefficient (Wildman–Crippen LogP) is 2.22. The van der Waals surface area contributed by atoms with Crippen LogP contribution in [0.3, 0.4) is 0 Å². The van der Waals surface area contributed by atoms with Gasteiger partial charge in [-0.2, -0.15) is 23.5 Å². The fourth-order valence-electron chi connectivity index (χ4n) is 1.42. The van der Waals surface area contributed by atoms with Crippen molar-refractivity contribution in [2.75, 3.05) is 30.1 Å². The number of thioether (sulfide) groups is 2. The minimum Gasteiger partial charge on any atom is -0.314 e. The standard InChI is InChI=1S/C9H19NS2/c1-11-6-2-5-10-9-3-7-12-8-4-9/h9-10H,2-8H2,1H3. The molecule has 1 rings (SSSR count). The number of hydrogen-bond donors (Lipinski definition) is 1. The summed E-state index contributed by atoms with van der Waals surface area (Å²) in [5, 5.41) is 3.63. The van der Waals surface area contributed by atoms with Crippen LogP contribution < -0.4 is 5.32 Å². The molecule has 0 atom stereocenters. The van der Waals surface area contributed by atoms with Crippen molar-refractivity contribution in [3.63, 3.8) is 0 Å². The van der Waals surface area contributed by atoms with E-state index in [0.717, 1.165) is 6.04 Å². The lowest BCUT2D eigenvalue weighted by molar-refractivity contribution is 0.484. The lowest BCUT2D eigenvalue weighted by atomic mass is 10.1. The smallest absolute Gasteiger partial charge is 0.00827 e. The molecule has 72 valence electrons. The zero-order valence-electron chi connectivity index (χ0n) is 7.84. The second-order valence-corrected chi connectivity index (χ2v) is 5.40. The minimum absolute atomic E-state index is 0.827. The van der Waals surface area contributed by atoms with Gasteiger partial charge in [0.25, 0.3) is 0 Å². The Balaban J connectivity index is 1.91. The van der Waals surface area contributed by atoms with Crippen LogP contribution in [-0.2, 0) is 0 Å². The molecule has 0 aromatic carbocycles. The summed E-state index contributed by atoms with van der Waals surface area (Å²) < 4.78 is 0. The molecule has 0 unspecified atom stereocenters. The van der Waals surface area contributed by atoms with Crippen LogP contribution in [0.25, 0.3) is 0 Å². The average molecular weight is 205 g/mol. The largest absolute Gasteiger partial charge is 0.314 e. The van der Waals surface area contributed by atoms with Gasteiger partial charge in [0.05, 0.1) is 0 Å². The molecule has 3 heteroatoms. The van der Waals surface area contributed by atoms with E-state index in [1.54, 1.807) is 0 Å². The van der Waals surface area contributed by atoms with Gasteiger partial charge in [0.2, 0.25) is 0 Å². The van der Waals surface area contributed by atoms with Crippen molar-refractivity contribution in [2.24, 2.45) is 0 Å². The van der Waals surface area contributed by atoms with Crippen LogP contribution in [0.4, 0.5) is 0 Å². The maximum atomic E-state index is 3.63. The Kier molecular flexibility index (Phi) is 6.35. The van der Waals surface area contributed by atoms with Gasteiger partial charge in [-0.05, 0) is 49.3 Å². The summed E-state index contributed by atoms with van der Waals surface area (Å²) in [6.45, 7) is 1.22. The summed E-state index contributed by atoms with van der Waals surface area (Å²) in [5.74, 6) is 4.02.